The van der Waals surface area contributed by atoms with Crippen LogP contribution in [-0.4, -0.2) is 31.4 Å². The van der Waals surface area contributed by atoms with E-state index in [-0.39, 0.29) is 18.3 Å². The number of amides is 1. The molecule has 1 N–H and O–H groups in total. The SMILES string of the molecule is CCCCCC(=O)Nc1ccc(C(=O)COC(=O)c2cccc(OC)c2)cc1. The number of benzene rings is 2. The van der Waals surface area contributed by atoms with Crippen LogP contribution in [0, 0.1) is 0 Å². The van der Waals surface area contributed by atoms with Gasteiger partial charge in [-0.1, -0.05) is 25.8 Å². The van der Waals surface area contributed by atoms with Gasteiger partial charge in [-0.05, 0) is 48.9 Å². The van der Waals surface area contributed by atoms with Crippen LogP contribution < -0.4 is 10.1 Å². The van der Waals surface area contributed by atoms with E-state index in [0.29, 0.717) is 29.0 Å². The highest BCUT2D eigenvalue weighted by atomic mass is 16.5. The minimum atomic E-state index is -0.594. The molecule has 0 aliphatic rings. The second kappa shape index (κ2) is 10.9. The summed E-state index contributed by atoms with van der Waals surface area (Å²) in [7, 11) is 1.51. The molecule has 0 fully saturated rings. The minimum Gasteiger partial charge on any atom is -0.497 e. The molecule has 0 radical (unpaired) electrons. The largest absolute Gasteiger partial charge is 0.497 e. The molecule has 0 saturated carbocycles. The summed E-state index contributed by atoms with van der Waals surface area (Å²) in [5, 5.41) is 2.80. The molecular formula is C22H25NO5. The summed E-state index contributed by atoms with van der Waals surface area (Å²) in [6, 6.07) is 13.0. The van der Waals surface area contributed by atoms with Crippen LogP contribution >= 0.6 is 0 Å². The van der Waals surface area contributed by atoms with Gasteiger partial charge < -0.3 is 14.8 Å². The highest BCUT2D eigenvalue weighted by molar-refractivity contribution is 6.00. The van der Waals surface area contributed by atoms with Crippen molar-refractivity contribution in [1.82, 2.24) is 0 Å². The molecule has 6 nitrogen and oxygen atoms in total. The Morgan fingerprint density at radius 2 is 1.71 bits per heavy atom. The van der Waals surface area contributed by atoms with Crippen molar-refractivity contribution in [2.24, 2.45) is 0 Å². The smallest absolute Gasteiger partial charge is 0.338 e. The van der Waals surface area contributed by atoms with Crippen LogP contribution in [0.15, 0.2) is 48.5 Å². The van der Waals surface area contributed by atoms with Gasteiger partial charge >= 0.3 is 5.97 Å². The fraction of sp³-hybridized carbons (Fsp3) is 0.318. The molecule has 6 heteroatoms. The number of hydrogen-bond donors (Lipinski definition) is 1. The fourth-order valence-corrected chi connectivity index (χ4v) is 2.55. The quantitative estimate of drug-likeness (QED) is 0.377. The number of nitrogens with one attached hydrogen (secondary N) is 1. The van der Waals surface area contributed by atoms with E-state index in [9.17, 15) is 14.4 Å². The number of unbranched alkanes of at least 4 members (excludes halogenated alkanes) is 2. The lowest BCUT2D eigenvalue weighted by Gasteiger charge is -2.07. The van der Waals surface area contributed by atoms with Gasteiger partial charge in [-0.2, -0.15) is 0 Å². The summed E-state index contributed by atoms with van der Waals surface area (Å²) in [5.74, 6) is -0.423. The van der Waals surface area contributed by atoms with Gasteiger partial charge in [-0.3, -0.25) is 9.59 Å². The monoisotopic (exact) mass is 383 g/mol. The van der Waals surface area contributed by atoms with Crippen molar-refractivity contribution in [2.45, 2.75) is 32.6 Å². The fourth-order valence-electron chi connectivity index (χ4n) is 2.55. The first-order chi connectivity index (χ1) is 13.5. The van der Waals surface area contributed by atoms with E-state index < -0.39 is 5.97 Å². The Hall–Kier alpha value is -3.15. The Balaban J connectivity index is 1.85. The van der Waals surface area contributed by atoms with Crippen LogP contribution in [0.25, 0.3) is 0 Å². The first-order valence-electron chi connectivity index (χ1n) is 9.27. The molecule has 148 valence electrons. The second-order valence-electron chi connectivity index (χ2n) is 6.31. The zero-order valence-corrected chi connectivity index (χ0v) is 16.2. The van der Waals surface area contributed by atoms with Gasteiger partial charge in [-0.25, -0.2) is 4.79 Å². The number of anilines is 1. The van der Waals surface area contributed by atoms with Gasteiger partial charge in [0.05, 0.1) is 12.7 Å². The van der Waals surface area contributed by atoms with Crippen molar-refractivity contribution in [3.63, 3.8) is 0 Å². The molecular weight excluding hydrogens is 358 g/mol. The van der Waals surface area contributed by atoms with Crippen LogP contribution in [0.3, 0.4) is 0 Å². The van der Waals surface area contributed by atoms with Crippen molar-refractivity contribution in [3.05, 3.63) is 59.7 Å². The summed E-state index contributed by atoms with van der Waals surface area (Å²) >= 11 is 0. The maximum absolute atomic E-state index is 12.2. The topological polar surface area (TPSA) is 81.7 Å². The molecule has 0 spiro atoms. The lowest BCUT2D eigenvalue weighted by molar-refractivity contribution is -0.116. The lowest BCUT2D eigenvalue weighted by Crippen LogP contribution is -2.15. The third-order valence-corrected chi connectivity index (χ3v) is 4.14. The number of carbonyl (C=O) groups is 3. The molecule has 0 bridgehead atoms. The summed E-state index contributed by atoms with van der Waals surface area (Å²) in [4.78, 5) is 36.1. The predicted molar refractivity (Wildman–Crippen MR) is 107 cm³/mol. The van der Waals surface area contributed by atoms with Crippen LogP contribution in [0.5, 0.6) is 5.75 Å². The van der Waals surface area contributed by atoms with Crippen LogP contribution in [0.2, 0.25) is 0 Å². The number of hydrogen-bond acceptors (Lipinski definition) is 5. The van der Waals surface area contributed by atoms with Crippen molar-refractivity contribution in [2.75, 3.05) is 19.0 Å². The van der Waals surface area contributed by atoms with E-state index in [2.05, 4.69) is 12.2 Å². The zero-order valence-electron chi connectivity index (χ0n) is 16.2. The van der Waals surface area contributed by atoms with E-state index >= 15 is 0 Å². The third-order valence-electron chi connectivity index (χ3n) is 4.14. The summed E-state index contributed by atoms with van der Waals surface area (Å²) in [6.45, 7) is 1.72. The molecule has 0 heterocycles. The molecule has 28 heavy (non-hydrogen) atoms. The number of ketones is 1. The Kier molecular flexibility index (Phi) is 8.21. The van der Waals surface area contributed by atoms with E-state index in [1.54, 1.807) is 48.5 Å². The lowest BCUT2D eigenvalue weighted by atomic mass is 10.1. The Morgan fingerprint density at radius 1 is 0.964 bits per heavy atom. The highest BCUT2D eigenvalue weighted by Gasteiger charge is 2.13. The molecule has 0 aromatic heterocycles. The van der Waals surface area contributed by atoms with Gasteiger partial charge in [0.15, 0.2) is 12.4 Å². The number of esters is 1. The predicted octanol–water partition coefficient (Wildman–Crippen LogP) is 4.25. The number of carbonyl (C=O) groups excluding carboxylic acids is 3. The van der Waals surface area contributed by atoms with Crippen molar-refractivity contribution >= 4 is 23.3 Å². The summed E-state index contributed by atoms with van der Waals surface area (Å²) in [5.41, 5.74) is 1.35. The van der Waals surface area contributed by atoms with Gasteiger partial charge in [0.1, 0.15) is 5.75 Å². The molecule has 2 aromatic carbocycles. The van der Waals surface area contributed by atoms with Crippen LogP contribution in [-0.2, 0) is 9.53 Å². The van der Waals surface area contributed by atoms with Crippen LogP contribution in [0.1, 0.15) is 53.3 Å². The first-order valence-corrected chi connectivity index (χ1v) is 9.27. The standard InChI is InChI=1S/C22H25NO5/c1-3-4-5-9-21(25)23-18-12-10-16(11-13-18)20(24)15-28-22(26)17-7-6-8-19(14-17)27-2/h6-8,10-14H,3-5,9,15H2,1-2H3,(H,23,25). The Labute approximate surface area is 164 Å². The number of Topliss-reactive ketones (excluding diaryl/α,β-unsaturated/α-hetero) is 1. The molecule has 0 aliphatic carbocycles. The molecule has 0 unspecified atom stereocenters. The summed E-state index contributed by atoms with van der Waals surface area (Å²) in [6.07, 6.45) is 3.42. The van der Waals surface area contributed by atoms with Gasteiger partial charge in [0.2, 0.25) is 5.91 Å². The number of ether oxygens (including phenoxy) is 2. The maximum Gasteiger partial charge on any atom is 0.338 e. The second-order valence-corrected chi connectivity index (χ2v) is 6.31. The highest BCUT2D eigenvalue weighted by Crippen LogP contribution is 2.14. The summed E-state index contributed by atoms with van der Waals surface area (Å²) < 4.78 is 10.1. The van der Waals surface area contributed by atoms with E-state index in [4.69, 9.17) is 9.47 Å². The van der Waals surface area contributed by atoms with Crippen LogP contribution in [0.4, 0.5) is 5.69 Å². The molecule has 0 aliphatic heterocycles. The van der Waals surface area contributed by atoms with Crippen molar-refractivity contribution in [1.29, 1.82) is 0 Å². The van der Waals surface area contributed by atoms with Crippen molar-refractivity contribution in [3.8, 4) is 5.75 Å². The van der Waals surface area contributed by atoms with E-state index in [1.807, 2.05) is 0 Å². The average molecular weight is 383 g/mol. The normalized spacial score (nSPS) is 10.2. The van der Waals surface area contributed by atoms with Gasteiger partial charge in [-0.15, -0.1) is 0 Å². The van der Waals surface area contributed by atoms with Crippen molar-refractivity contribution < 1.29 is 23.9 Å². The molecule has 1 amide bonds. The molecule has 0 atom stereocenters. The maximum atomic E-state index is 12.2. The van der Waals surface area contributed by atoms with E-state index in [0.717, 1.165) is 19.3 Å². The molecule has 2 aromatic rings. The Bertz CT molecular complexity index is 814. The molecule has 2 rings (SSSR count). The average Bonchev–Trinajstić information content (AvgIpc) is 2.72. The minimum absolute atomic E-state index is 0.0419. The number of methoxy groups -OCH3 is 1. The number of rotatable bonds is 10. The third kappa shape index (κ3) is 6.54. The Morgan fingerprint density at radius 3 is 2.39 bits per heavy atom. The first kappa shape index (κ1) is 21.2. The van der Waals surface area contributed by atoms with Gasteiger partial charge in [0.25, 0.3) is 0 Å². The van der Waals surface area contributed by atoms with E-state index in [1.165, 1.54) is 7.11 Å². The zero-order chi connectivity index (χ0) is 20.4. The molecule has 0 saturated heterocycles. The van der Waals surface area contributed by atoms with Gasteiger partial charge in [0, 0.05) is 17.7 Å².